The maximum Gasteiger partial charge on any atom is 0.143 e. The molecule has 0 radical (unpaired) electrons. The average molecular weight is 361 g/mol. The number of hydrogen-bond acceptors (Lipinski definition) is 3. The van der Waals surface area contributed by atoms with E-state index in [0.29, 0.717) is 0 Å². The molecule has 0 bridgehead atoms. The molecule has 1 aromatic heterocycles. The Hall–Kier alpha value is -0.710. The first-order valence-electron chi connectivity index (χ1n) is 5.87. The van der Waals surface area contributed by atoms with Crippen molar-refractivity contribution in [3.05, 3.63) is 43.5 Å². The SMILES string of the molecule is COc1cc(Br)cc(C)c1NC(C)c1ccc(Cl)s1. The molecule has 1 heterocycles. The van der Waals surface area contributed by atoms with E-state index in [4.69, 9.17) is 16.3 Å². The lowest BCUT2D eigenvalue weighted by Gasteiger charge is -2.19. The van der Waals surface area contributed by atoms with Gasteiger partial charge in [0.15, 0.2) is 0 Å². The second-order valence-electron chi connectivity index (χ2n) is 4.31. The molecule has 0 aliphatic heterocycles. The van der Waals surface area contributed by atoms with Crippen molar-refractivity contribution >= 4 is 44.6 Å². The van der Waals surface area contributed by atoms with E-state index in [1.54, 1.807) is 18.4 Å². The minimum absolute atomic E-state index is 0.186. The molecule has 2 nitrogen and oxygen atoms in total. The van der Waals surface area contributed by atoms with Crippen molar-refractivity contribution in [2.45, 2.75) is 19.9 Å². The second kappa shape index (κ2) is 6.16. The number of methoxy groups -OCH3 is 1. The Morgan fingerprint density at radius 2 is 2.11 bits per heavy atom. The Morgan fingerprint density at radius 1 is 1.37 bits per heavy atom. The highest BCUT2D eigenvalue weighted by Gasteiger charge is 2.13. The monoisotopic (exact) mass is 359 g/mol. The highest BCUT2D eigenvalue weighted by Crippen LogP contribution is 2.36. The van der Waals surface area contributed by atoms with Crippen molar-refractivity contribution in [2.24, 2.45) is 0 Å². The van der Waals surface area contributed by atoms with Crippen molar-refractivity contribution in [1.82, 2.24) is 0 Å². The van der Waals surface area contributed by atoms with Crippen LogP contribution in [0.1, 0.15) is 23.4 Å². The van der Waals surface area contributed by atoms with Crippen LogP contribution >= 0.6 is 38.9 Å². The van der Waals surface area contributed by atoms with Crippen LogP contribution in [0.25, 0.3) is 0 Å². The number of rotatable bonds is 4. The van der Waals surface area contributed by atoms with Gasteiger partial charge in [-0.3, -0.25) is 0 Å². The first-order chi connectivity index (χ1) is 9.01. The maximum atomic E-state index is 5.98. The van der Waals surface area contributed by atoms with Crippen LogP contribution in [0.2, 0.25) is 4.34 Å². The number of aryl methyl sites for hydroxylation is 1. The van der Waals surface area contributed by atoms with Crippen LogP contribution in [0.5, 0.6) is 5.75 Å². The van der Waals surface area contributed by atoms with E-state index in [2.05, 4.69) is 41.2 Å². The predicted octanol–water partition coefficient (Wildman–Crippen LogP) is 5.65. The summed E-state index contributed by atoms with van der Waals surface area (Å²) in [4.78, 5) is 1.20. The summed E-state index contributed by atoms with van der Waals surface area (Å²) in [5.74, 6) is 0.835. The third kappa shape index (κ3) is 3.44. The van der Waals surface area contributed by atoms with E-state index >= 15 is 0 Å². The molecule has 1 unspecified atom stereocenters. The molecule has 0 aliphatic carbocycles. The fraction of sp³-hybridized carbons (Fsp3) is 0.286. The van der Waals surface area contributed by atoms with Crippen molar-refractivity contribution in [2.75, 3.05) is 12.4 Å². The molecule has 0 aliphatic rings. The number of benzene rings is 1. The molecular formula is C14H15BrClNOS. The normalized spacial score (nSPS) is 12.3. The Bertz CT molecular complexity index is 585. The molecule has 0 saturated carbocycles. The molecular weight excluding hydrogens is 346 g/mol. The smallest absolute Gasteiger partial charge is 0.143 e. The van der Waals surface area contributed by atoms with E-state index in [0.717, 1.165) is 25.8 Å². The minimum atomic E-state index is 0.186. The molecule has 102 valence electrons. The zero-order valence-electron chi connectivity index (χ0n) is 11.0. The molecule has 2 rings (SSSR count). The zero-order chi connectivity index (χ0) is 14.0. The lowest BCUT2D eigenvalue weighted by atomic mass is 10.1. The van der Waals surface area contributed by atoms with Gasteiger partial charge in [0.1, 0.15) is 5.75 Å². The summed E-state index contributed by atoms with van der Waals surface area (Å²) in [5.41, 5.74) is 2.16. The molecule has 1 N–H and O–H groups in total. The number of thiophene rings is 1. The van der Waals surface area contributed by atoms with Gasteiger partial charge in [0, 0.05) is 9.35 Å². The Balaban J connectivity index is 2.28. The highest BCUT2D eigenvalue weighted by molar-refractivity contribution is 9.10. The van der Waals surface area contributed by atoms with Gasteiger partial charge >= 0.3 is 0 Å². The van der Waals surface area contributed by atoms with E-state index in [1.165, 1.54) is 4.88 Å². The second-order valence-corrected chi connectivity index (χ2v) is 6.97. The van der Waals surface area contributed by atoms with E-state index in [-0.39, 0.29) is 6.04 Å². The van der Waals surface area contributed by atoms with Crippen molar-refractivity contribution in [1.29, 1.82) is 0 Å². The molecule has 1 aromatic carbocycles. The van der Waals surface area contributed by atoms with E-state index < -0.39 is 0 Å². The lowest BCUT2D eigenvalue weighted by molar-refractivity contribution is 0.415. The Morgan fingerprint density at radius 3 is 2.68 bits per heavy atom. The van der Waals surface area contributed by atoms with E-state index in [1.807, 2.05) is 18.2 Å². The molecule has 19 heavy (non-hydrogen) atoms. The average Bonchev–Trinajstić information content (AvgIpc) is 2.78. The van der Waals surface area contributed by atoms with Gasteiger partial charge in [-0.15, -0.1) is 11.3 Å². The lowest BCUT2D eigenvalue weighted by Crippen LogP contribution is -2.07. The van der Waals surface area contributed by atoms with Crippen LogP contribution in [0, 0.1) is 6.92 Å². The number of halogens is 2. The summed E-state index contributed by atoms with van der Waals surface area (Å²) >= 11 is 11.0. The van der Waals surface area contributed by atoms with Crippen molar-refractivity contribution in [3.63, 3.8) is 0 Å². The van der Waals surface area contributed by atoms with Crippen LogP contribution in [0.15, 0.2) is 28.7 Å². The fourth-order valence-corrected chi connectivity index (χ4v) is 3.52. The third-order valence-electron chi connectivity index (χ3n) is 2.87. The molecule has 0 saturated heterocycles. The number of hydrogen-bond donors (Lipinski definition) is 1. The first-order valence-corrected chi connectivity index (χ1v) is 7.86. The summed E-state index contributed by atoms with van der Waals surface area (Å²) in [6, 6.07) is 8.19. The van der Waals surface area contributed by atoms with Crippen LogP contribution in [0.4, 0.5) is 5.69 Å². The Labute approximate surface area is 130 Å². The Kier molecular flexibility index (Phi) is 4.76. The van der Waals surface area contributed by atoms with Gasteiger partial charge < -0.3 is 10.1 Å². The molecule has 1 atom stereocenters. The summed E-state index contributed by atoms with van der Waals surface area (Å²) < 4.78 is 7.26. The standard InChI is InChI=1S/C14H15BrClNOS/c1-8-6-10(15)7-11(18-3)14(8)17-9(2)12-4-5-13(16)19-12/h4-7,9,17H,1-3H3. The minimum Gasteiger partial charge on any atom is -0.495 e. The number of anilines is 1. The zero-order valence-corrected chi connectivity index (χ0v) is 14.1. The molecule has 0 amide bonds. The van der Waals surface area contributed by atoms with Gasteiger partial charge in [0.2, 0.25) is 0 Å². The highest BCUT2D eigenvalue weighted by atomic mass is 79.9. The number of ether oxygens (including phenoxy) is 1. The van der Waals surface area contributed by atoms with Gasteiger partial charge in [0.05, 0.1) is 23.2 Å². The summed E-state index contributed by atoms with van der Waals surface area (Å²) in [6.07, 6.45) is 0. The van der Waals surface area contributed by atoms with Gasteiger partial charge in [-0.25, -0.2) is 0 Å². The van der Waals surface area contributed by atoms with Gasteiger partial charge in [-0.2, -0.15) is 0 Å². The van der Waals surface area contributed by atoms with Crippen LogP contribution in [-0.4, -0.2) is 7.11 Å². The third-order valence-corrected chi connectivity index (χ3v) is 4.74. The van der Waals surface area contributed by atoms with E-state index in [9.17, 15) is 0 Å². The van der Waals surface area contributed by atoms with Crippen LogP contribution in [-0.2, 0) is 0 Å². The molecule has 2 aromatic rings. The molecule has 0 fully saturated rings. The van der Waals surface area contributed by atoms with Gasteiger partial charge in [0.25, 0.3) is 0 Å². The summed E-state index contributed by atoms with van der Waals surface area (Å²) in [6.45, 7) is 4.17. The van der Waals surface area contributed by atoms with Gasteiger partial charge in [-0.05, 0) is 43.7 Å². The largest absolute Gasteiger partial charge is 0.495 e. The van der Waals surface area contributed by atoms with Crippen molar-refractivity contribution in [3.8, 4) is 5.75 Å². The topological polar surface area (TPSA) is 21.3 Å². The van der Waals surface area contributed by atoms with Crippen molar-refractivity contribution < 1.29 is 4.74 Å². The number of nitrogens with one attached hydrogen (secondary N) is 1. The first kappa shape index (κ1) is 14.7. The molecule has 0 spiro atoms. The summed E-state index contributed by atoms with van der Waals surface area (Å²) in [5, 5.41) is 3.49. The fourth-order valence-electron chi connectivity index (χ4n) is 1.91. The maximum absolute atomic E-state index is 5.98. The summed E-state index contributed by atoms with van der Waals surface area (Å²) in [7, 11) is 1.68. The predicted molar refractivity (Wildman–Crippen MR) is 86.8 cm³/mol. The van der Waals surface area contributed by atoms with Gasteiger partial charge in [-0.1, -0.05) is 27.5 Å². The van der Waals surface area contributed by atoms with Crippen LogP contribution in [0.3, 0.4) is 0 Å². The molecule has 5 heteroatoms. The van der Waals surface area contributed by atoms with Crippen LogP contribution < -0.4 is 10.1 Å². The quantitative estimate of drug-likeness (QED) is 0.760.